The number of nitrogens with one attached hydrogen (secondary N) is 1. The summed E-state index contributed by atoms with van der Waals surface area (Å²) in [5.74, 6) is 2.02. The van der Waals surface area contributed by atoms with Crippen molar-refractivity contribution in [3.05, 3.63) is 47.2 Å². The maximum atomic E-state index is 12.6. The standard InChI is InChI=1S/C21H27N5O3/c1-28-20-3-2-16(11-23-20)12-24-21(27)26-7-4-17-13-22-19(25-18(17)14-26)10-15-5-8-29-9-6-15/h2-3,11,13,15H,4-10,12,14H2,1H3,(H,24,27). The van der Waals surface area contributed by atoms with Crippen LogP contribution >= 0.6 is 0 Å². The van der Waals surface area contributed by atoms with Crippen LogP contribution in [-0.4, -0.2) is 52.8 Å². The SMILES string of the molecule is COc1ccc(CNC(=O)N2CCc3cnc(CC4CCOCC4)nc3C2)cn1. The van der Waals surface area contributed by atoms with Crippen molar-refractivity contribution in [3.8, 4) is 5.88 Å². The van der Waals surface area contributed by atoms with Crippen LogP contribution in [0.4, 0.5) is 4.79 Å². The number of pyridine rings is 1. The molecule has 2 amide bonds. The zero-order valence-electron chi connectivity index (χ0n) is 16.8. The maximum Gasteiger partial charge on any atom is 0.318 e. The van der Waals surface area contributed by atoms with Gasteiger partial charge in [0.05, 0.1) is 19.3 Å². The second-order valence-electron chi connectivity index (χ2n) is 7.56. The van der Waals surface area contributed by atoms with Crippen LogP contribution in [0.3, 0.4) is 0 Å². The molecule has 0 unspecified atom stereocenters. The first-order chi connectivity index (χ1) is 14.2. The molecule has 154 valence electrons. The molecular formula is C21H27N5O3. The Morgan fingerprint density at radius 3 is 2.90 bits per heavy atom. The molecule has 0 saturated carbocycles. The first kappa shape index (κ1) is 19.6. The summed E-state index contributed by atoms with van der Waals surface area (Å²) in [4.78, 5) is 27.9. The number of methoxy groups -OCH3 is 1. The number of amides is 2. The van der Waals surface area contributed by atoms with E-state index in [1.807, 2.05) is 17.2 Å². The lowest BCUT2D eigenvalue weighted by Crippen LogP contribution is -2.43. The van der Waals surface area contributed by atoms with Gasteiger partial charge >= 0.3 is 6.03 Å². The normalized spacial score (nSPS) is 16.9. The molecule has 2 aliphatic rings. The van der Waals surface area contributed by atoms with Crippen molar-refractivity contribution in [1.82, 2.24) is 25.2 Å². The van der Waals surface area contributed by atoms with E-state index < -0.39 is 0 Å². The number of carbonyl (C=O) groups excluding carboxylic acids is 1. The summed E-state index contributed by atoms with van der Waals surface area (Å²) < 4.78 is 10.5. The lowest BCUT2D eigenvalue weighted by atomic mass is 9.96. The topological polar surface area (TPSA) is 89.5 Å². The third-order valence-electron chi connectivity index (χ3n) is 5.55. The lowest BCUT2D eigenvalue weighted by Gasteiger charge is -2.28. The number of ether oxygens (including phenoxy) is 2. The first-order valence-electron chi connectivity index (χ1n) is 10.1. The molecule has 0 spiro atoms. The Morgan fingerprint density at radius 1 is 1.28 bits per heavy atom. The summed E-state index contributed by atoms with van der Waals surface area (Å²) in [6, 6.07) is 3.60. The Hall–Kier alpha value is -2.74. The van der Waals surface area contributed by atoms with Gasteiger partial charge in [0.25, 0.3) is 0 Å². The second-order valence-corrected chi connectivity index (χ2v) is 7.56. The Kier molecular flexibility index (Phi) is 6.19. The third kappa shape index (κ3) is 5.00. The van der Waals surface area contributed by atoms with E-state index in [4.69, 9.17) is 14.5 Å². The molecule has 8 nitrogen and oxygen atoms in total. The summed E-state index contributed by atoms with van der Waals surface area (Å²) in [6.45, 7) is 3.27. The Morgan fingerprint density at radius 2 is 2.14 bits per heavy atom. The first-order valence-corrected chi connectivity index (χ1v) is 10.1. The van der Waals surface area contributed by atoms with Crippen LogP contribution < -0.4 is 10.1 Å². The van der Waals surface area contributed by atoms with Gasteiger partial charge in [-0.25, -0.2) is 19.7 Å². The van der Waals surface area contributed by atoms with Gasteiger partial charge in [0.2, 0.25) is 5.88 Å². The predicted molar refractivity (Wildman–Crippen MR) is 106 cm³/mol. The van der Waals surface area contributed by atoms with Crippen molar-refractivity contribution in [2.45, 2.75) is 38.8 Å². The van der Waals surface area contributed by atoms with Gasteiger partial charge in [-0.3, -0.25) is 0 Å². The van der Waals surface area contributed by atoms with Crippen LogP contribution in [0.5, 0.6) is 5.88 Å². The minimum atomic E-state index is -0.0870. The van der Waals surface area contributed by atoms with Crippen molar-refractivity contribution in [1.29, 1.82) is 0 Å². The van der Waals surface area contributed by atoms with Gasteiger partial charge in [0.1, 0.15) is 5.82 Å². The number of urea groups is 1. The van der Waals surface area contributed by atoms with Gasteiger partial charge in [-0.05, 0) is 36.3 Å². The number of hydrogen-bond donors (Lipinski definition) is 1. The molecule has 2 aliphatic heterocycles. The van der Waals surface area contributed by atoms with Gasteiger partial charge in [-0.1, -0.05) is 6.07 Å². The van der Waals surface area contributed by atoms with E-state index in [1.54, 1.807) is 19.4 Å². The summed E-state index contributed by atoms with van der Waals surface area (Å²) >= 11 is 0. The molecular weight excluding hydrogens is 370 g/mol. The van der Waals surface area contributed by atoms with E-state index in [-0.39, 0.29) is 6.03 Å². The number of hydrogen-bond acceptors (Lipinski definition) is 6. The Balaban J connectivity index is 1.33. The van der Waals surface area contributed by atoms with Crippen molar-refractivity contribution in [2.75, 3.05) is 26.9 Å². The predicted octanol–water partition coefficient (Wildman–Crippen LogP) is 2.12. The average Bonchev–Trinajstić information content (AvgIpc) is 2.78. The molecule has 0 bridgehead atoms. The summed E-state index contributed by atoms with van der Waals surface area (Å²) in [5.41, 5.74) is 3.04. The number of fused-ring (bicyclic) bond motifs is 1. The van der Waals surface area contributed by atoms with E-state index >= 15 is 0 Å². The van der Waals surface area contributed by atoms with Crippen molar-refractivity contribution in [2.24, 2.45) is 5.92 Å². The summed E-state index contributed by atoms with van der Waals surface area (Å²) in [6.07, 6.45) is 7.44. The van der Waals surface area contributed by atoms with E-state index in [0.717, 1.165) is 61.5 Å². The van der Waals surface area contributed by atoms with Gasteiger partial charge in [0, 0.05) is 51.2 Å². The minimum Gasteiger partial charge on any atom is -0.481 e. The molecule has 0 aliphatic carbocycles. The zero-order valence-corrected chi connectivity index (χ0v) is 16.8. The molecule has 0 aromatic carbocycles. The number of rotatable bonds is 5. The summed E-state index contributed by atoms with van der Waals surface area (Å²) in [5, 5.41) is 2.97. The van der Waals surface area contributed by atoms with Gasteiger partial charge in [-0.15, -0.1) is 0 Å². The van der Waals surface area contributed by atoms with Crippen molar-refractivity contribution in [3.63, 3.8) is 0 Å². The number of carbonyl (C=O) groups is 1. The molecule has 0 radical (unpaired) electrons. The van der Waals surface area contributed by atoms with Crippen LogP contribution in [-0.2, 0) is 30.7 Å². The van der Waals surface area contributed by atoms with Gasteiger partial charge < -0.3 is 19.7 Å². The van der Waals surface area contributed by atoms with Gasteiger partial charge in [0.15, 0.2) is 0 Å². The van der Waals surface area contributed by atoms with Gasteiger partial charge in [-0.2, -0.15) is 0 Å². The molecule has 29 heavy (non-hydrogen) atoms. The highest BCUT2D eigenvalue weighted by Gasteiger charge is 2.23. The highest BCUT2D eigenvalue weighted by atomic mass is 16.5. The molecule has 1 saturated heterocycles. The number of nitrogens with zero attached hydrogens (tertiary/aromatic N) is 4. The molecule has 8 heteroatoms. The molecule has 1 fully saturated rings. The zero-order chi connectivity index (χ0) is 20.1. The van der Waals surface area contributed by atoms with Crippen LogP contribution in [0.2, 0.25) is 0 Å². The molecule has 4 heterocycles. The molecule has 2 aromatic rings. The summed E-state index contributed by atoms with van der Waals surface area (Å²) in [7, 11) is 1.58. The second kappa shape index (κ2) is 9.17. The van der Waals surface area contributed by atoms with E-state index in [0.29, 0.717) is 31.4 Å². The van der Waals surface area contributed by atoms with Crippen molar-refractivity contribution >= 4 is 6.03 Å². The van der Waals surface area contributed by atoms with E-state index in [1.165, 1.54) is 0 Å². The average molecular weight is 397 g/mol. The fourth-order valence-electron chi connectivity index (χ4n) is 3.75. The van der Waals surface area contributed by atoms with E-state index in [2.05, 4.69) is 15.3 Å². The largest absolute Gasteiger partial charge is 0.481 e. The van der Waals surface area contributed by atoms with Crippen LogP contribution in [0, 0.1) is 5.92 Å². The Bertz CT molecular complexity index is 837. The highest BCUT2D eigenvalue weighted by molar-refractivity contribution is 5.74. The fraction of sp³-hybridized carbons (Fsp3) is 0.524. The Labute approximate surface area is 170 Å². The smallest absolute Gasteiger partial charge is 0.318 e. The molecule has 4 rings (SSSR count). The van der Waals surface area contributed by atoms with Crippen molar-refractivity contribution < 1.29 is 14.3 Å². The lowest BCUT2D eigenvalue weighted by molar-refractivity contribution is 0.0659. The fourth-order valence-corrected chi connectivity index (χ4v) is 3.75. The monoisotopic (exact) mass is 397 g/mol. The maximum absolute atomic E-state index is 12.6. The quantitative estimate of drug-likeness (QED) is 0.831. The van der Waals surface area contributed by atoms with Crippen LogP contribution in [0.1, 0.15) is 35.5 Å². The third-order valence-corrected chi connectivity index (χ3v) is 5.55. The number of aromatic nitrogens is 3. The minimum absolute atomic E-state index is 0.0870. The van der Waals surface area contributed by atoms with E-state index in [9.17, 15) is 4.79 Å². The molecule has 0 atom stereocenters. The van der Waals surface area contributed by atoms with Crippen LogP contribution in [0.15, 0.2) is 24.5 Å². The molecule has 1 N–H and O–H groups in total. The highest BCUT2D eigenvalue weighted by Crippen LogP contribution is 2.21. The van der Waals surface area contributed by atoms with Crippen LogP contribution in [0.25, 0.3) is 0 Å². The molecule has 2 aromatic heterocycles.